The van der Waals surface area contributed by atoms with Crippen LogP contribution in [-0.4, -0.2) is 25.4 Å². The summed E-state index contributed by atoms with van der Waals surface area (Å²) < 4.78 is 15.8. The van der Waals surface area contributed by atoms with Crippen LogP contribution in [0.25, 0.3) is 0 Å². The quantitative estimate of drug-likeness (QED) is 0.808. The first-order valence-electron chi connectivity index (χ1n) is 4.83. The normalized spacial score (nSPS) is 16.9. The number of methoxy groups -OCH3 is 1. The van der Waals surface area contributed by atoms with Gasteiger partial charge in [-0.1, -0.05) is 0 Å². The number of benzene rings is 1. The van der Waals surface area contributed by atoms with Crippen LogP contribution in [0.3, 0.4) is 0 Å². The Balaban J connectivity index is 2.33. The Kier molecular flexibility index (Phi) is 2.79. The van der Waals surface area contributed by atoms with Gasteiger partial charge in [0.05, 0.1) is 20.3 Å². The fourth-order valence-electron chi connectivity index (χ4n) is 1.74. The summed E-state index contributed by atoms with van der Waals surface area (Å²) in [4.78, 5) is 0. The van der Waals surface area contributed by atoms with Gasteiger partial charge in [-0.15, -0.1) is 0 Å². The van der Waals surface area contributed by atoms with Crippen molar-refractivity contribution in [2.75, 3.05) is 20.3 Å². The molecule has 1 aliphatic rings. The SMILES string of the molecule is COc1c(C)cc(C2OCCO2)cc1O. The number of aromatic hydroxyl groups is 1. The summed E-state index contributed by atoms with van der Waals surface area (Å²) in [6.45, 7) is 3.06. The molecule has 0 atom stereocenters. The van der Waals surface area contributed by atoms with Crippen molar-refractivity contribution in [3.63, 3.8) is 0 Å². The second-order valence-corrected chi connectivity index (χ2v) is 3.46. The Morgan fingerprint density at radius 3 is 2.53 bits per heavy atom. The predicted octanol–water partition coefficient (Wildman–Crippen LogP) is 1.75. The summed E-state index contributed by atoms with van der Waals surface area (Å²) in [6, 6.07) is 3.51. The van der Waals surface area contributed by atoms with E-state index in [9.17, 15) is 5.11 Å². The number of phenols is 1. The van der Waals surface area contributed by atoms with E-state index in [4.69, 9.17) is 14.2 Å². The Labute approximate surface area is 88.4 Å². The van der Waals surface area contributed by atoms with Gasteiger partial charge >= 0.3 is 0 Å². The summed E-state index contributed by atoms with van der Waals surface area (Å²) in [6.07, 6.45) is -0.361. The molecule has 82 valence electrons. The van der Waals surface area contributed by atoms with E-state index in [1.165, 1.54) is 7.11 Å². The lowest BCUT2D eigenvalue weighted by molar-refractivity contribution is -0.0442. The summed E-state index contributed by atoms with van der Waals surface area (Å²) in [5.41, 5.74) is 1.69. The molecule has 1 aromatic rings. The van der Waals surface area contributed by atoms with Gasteiger partial charge in [0.1, 0.15) is 0 Å². The van der Waals surface area contributed by atoms with Crippen LogP contribution in [0, 0.1) is 6.92 Å². The van der Waals surface area contributed by atoms with Gasteiger partial charge in [-0.2, -0.15) is 0 Å². The van der Waals surface area contributed by atoms with Crippen molar-refractivity contribution in [2.45, 2.75) is 13.2 Å². The maximum atomic E-state index is 9.70. The molecule has 4 nitrogen and oxygen atoms in total. The molecule has 0 aromatic heterocycles. The smallest absolute Gasteiger partial charge is 0.184 e. The molecular formula is C11H14O4. The Morgan fingerprint density at radius 2 is 2.00 bits per heavy atom. The summed E-state index contributed by atoms with van der Waals surface area (Å²) >= 11 is 0. The number of phenolic OH excluding ortho intramolecular Hbond substituents is 1. The van der Waals surface area contributed by atoms with Crippen molar-refractivity contribution in [3.05, 3.63) is 23.3 Å². The molecule has 2 rings (SSSR count). The molecule has 1 saturated heterocycles. The lowest BCUT2D eigenvalue weighted by atomic mass is 10.1. The van der Waals surface area contributed by atoms with Gasteiger partial charge in [0.15, 0.2) is 17.8 Å². The zero-order chi connectivity index (χ0) is 10.8. The van der Waals surface area contributed by atoms with Crippen molar-refractivity contribution in [1.82, 2.24) is 0 Å². The lowest BCUT2D eigenvalue weighted by Gasteiger charge is -2.13. The van der Waals surface area contributed by atoms with Crippen LogP contribution < -0.4 is 4.74 Å². The number of aryl methyl sites for hydroxylation is 1. The van der Waals surface area contributed by atoms with Crippen LogP contribution in [0.4, 0.5) is 0 Å². The Bertz CT molecular complexity index is 333. The van der Waals surface area contributed by atoms with Crippen LogP contribution in [0.15, 0.2) is 12.1 Å². The van der Waals surface area contributed by atoms with Gasteiger partial charge < -0.3 is 19.3 Å². The van der Waals surface area contributed by atoms with Crippen molar-refractivity contribution in [2.24, 2.45) is 0 Å². The van der Waals surface area contributed by atoms with Crippen molar-refractivity contribution >= 4 is 0 Å². The fraction of sp³-hybridized carbons (Fsp3) is 0.455. The Morgan fingerprint density at radius 1 is 1.33 bits per heavy atom. The summed E-state index contributed by atoms with van der Waals surface area (Å²) in [5, 5.41) is 9.70. The minimum absolute atomic E-state index is 0.117. The van der Waals surface area contributed by atoms with E-state index in [0.717, 1.165) is 11.1 Å². The lowest BCUT2D eigenvalue weighted by Crippen LogP contribution is -1.99. The molecule has 1 N–H and O–H groups in total. The molecule has 0 aliphatic carbocycles. The Hall–Kier alpha value is -1.26. The molecule has 0 spiro atoms. The minimum Gasteiger partial charge on any atom is -0.504 e. The van der Waals surface area contributed by atoms with Crippen LogP contribution >= 0.6 is 0 Å². The molecule has 1 aromatic carbocycles. The highest BCUT2D eigenvalue weighted by atomic mass is 16.7. The van der Waals surface area contributed by atoms with Crippen molar-refractivity contribution in [3.8, 4) is 11.5 Å². The van der Waals surface area contributed by atoms with E-state index in [1.54, 1.807) is 6.07 Å². The van der Waals surface area contributed by atoms with E-state index >= 15 is 0 Å². The van der Waals surface area contributed by atoms with Gasteiger partial charge in [0.25, 0.3) is 0 Å². The molecule has 0 bridgehead atoms. The van der Waals surface area contributed by atoms with Gasteiger partial charge in [0, 0.05) is 5.56 Å². The number of hydrogen-bond acceptors (Lipinski definition) is 4. The highest BCUT2D eigenvalue weighted by Crippen LogP contribution is 2.35. The van der Waals surface area contributed by atoms with Gasteiger partial charge in [-0.3, -0.25) is 0 Å². The van der Waals surface area contributed by atoms with Crippen LogP contribution in [0.1, 0.15) is 17.4 Å². The minimum atomic E-state index is -0.361. The summed E-state index contributed by atoms with van der Waals surface area (Å²) in [5.74, 6) is 0.614. The van der Waals surface area contributed by atoms with E-state index in [0.29, 0.717) is 19.0 Å². The van der Waals surface area contributed by atoms with Crippen LogP contribution in [-0.2, 0) is 9.47 Å². The maximum absolute atomic E-state index is 9.70. The number of hydrogen-bond donors (Lipinski definition) is 1. The molecule has 15 heavy (non-hydrogen) atoms. The molecule has 1 fully saturated rings. The first-order valence-corrected chi connectivity index (χ1v) is 4.83. The van der Waals surface area contributed by atoms with Gasteiger partial charge in [0.2, 0.25) is 0 Å². The average molecular weight is 210 g/mol. The molecule has 0 radical (unpaired) electrons. The van der Waals surface area contributed by atoms with Crippen LogP contribution in [0.2, 0.25) is 0 Å². The molecular weight excluding hydrogens is 196 g/mol. The van der Waals surface area contributed by atoms with Crippen molar-refractivity contribution in [1.29, 1.82) is 0 Å². The molecule has 0 amide bonds. The second-order valence-electron chi connectivity index (χ2n) is 3.46. The van der Waals surface area contributed by atoms with Crippen molar-refractivity contribution < 1.29 is 19.3 Å². The maximum Gasteiger partial charge on any atom is 0.184 e. The molecule has 4 heteroatoms. The topological polar surface area (TPSA) is 47.9 Å². The van der Waals surface area contributed by atoms with E-state index in [1.807, 2.05) is 13.0 Å². The first-order chi connectivity index (χ1) is 7.22. The standard InChI is InChI=1S/C11H14O4/c1-7-5-8(11-14-3-4-15-11)6-9(12)10(7)13-2/h5-6,11-12H,3-4H2,1-2H3. The second kappa shape index (κ2) is 4.08. The largest absolute Gasteiger partial charge is 0.504 e. The zero-order valence-corrected chi connectivity index (χ0v) is 8.82. The average Bonchev–Trinajstić information content (AvgIpc) is 2.69. The third kappa shape index (κ3) is 1.91. The fourth-order valence-corrected chi connectivity index (χ4v) is 1.74. The third-order valence-corrected chi connectivity index (χ3v) is 2.38. The molecule has 1 aliphatic heterocycles. The van der Waals surface area contributed by atoms with Gasteiger partial charge in [-0.05, 0) is 24.6 Å². The van der Waals surface area contributed by atoms with Gasteiger partial charge in [-0.25, -0.2) is 0 Å². The predicted molar refractivity (Wildman–Crippen MR) is 54.0 cm³/mol. The third-order valence-electron chi connectivity index (χ3n) is 2.38. The molecule has 1 heterocycles. The van der Waals surface area contributed by atoms with E-state index in [-0.39, 0.29) is 12.0 Å². The number of rotatable bonds is 2. The number of ether oxygens (including phenoxy) is 3. The van der Waals surface area contributed by atoms with E-state index in [2.05, 4.69) is 0 Å². The highest BCUT2D eigenvalue weighted by molar-refractivity contribution is 5.48. The van der Waals surface area contributed by atoms with E-state index < -0.39 is 0 Å². The monoisotopic (exact) mass is 210 g/mol. The highest BCUT2D eigenvalue weighted by Gasteiger charge is 2.20. The first kappa shape index (κ1) is 10.3. The molecule has 0 unspecified atom stereocenters. The van der Waals surface area contributed by atoms with Crippen LogP contribution in [0.5, 0.6) is 11.5 Å². The zero-order valence-electron chi connectivity index (χ0n) is 8.82. The molecule has 0 saturated carbocycles. The summed E-state index contributed by atoms with van der Waals surface area (Å²) in [7, 11) is 1.53.